The Hall–Kier alpha value is -5.10. The first kappa shape index (κ1) is 29.4. The van der Waals surface area contributed by atoms with Crippen LogP contribution < -0.4 is 15.3 Å². The van der Waals surface area contributed by atoms with Gasteiger partial charge in [0.25, 0.3) is 5.91 Å². The SMILES string of the molecule is CC(NC(=O)c1ccc(-c2c3cc(F)c(=O)cc-3oc3cc(O)c(F)cc23)c(C(=O)O)c1)c1ccc(OP(=O)(O)O)cc1. The second-order valence-electron chi connectivity index (χ2n) is 9.47. The number of fused-ring (bicyclic) bond motifs is 2. The van der Waals surface area contributed by atoms with E-state index in [9.17, 15) is 37.9 Å². The normalized spacial score (nSPS) is 12.3. The van der Waals surface area contributed by atoms with Gasteiger partial charge in [0.15, 0.2) is 17.4 Å². The van der Waals surface area contributed by atoms with Gasteiger partial charge in [0.1, 0.15) is 17.1 Å². The van der Waals surface area contributed by atoms with Crippen LogP contribution >= 0.6 is 7.82 Å². The van der Waals surface area contributed by atoms with Gasteiger partial charge in [0, 0.05) is 34.2 Å². The largest absolute Gasteiger partial charge is 0.524 e. The number of phosphoric acid groups is 1. The fourth-order valence-corrected chi connectivity index (χ4v) is 4.99. The minimum atomic E-state index is -4.75. The average Bonchev–Trinajstić information content (AvgIpc) is 2.93. The zero-order valence-corrected chi connectivity index (χ0v) is 22.8. The van der Waals surface area contributed by atoms with Crippen LogP contribution in [0, 0.1) is 11.6 Å². The molecule has 3 aromatic rings. The zero-order chi connectivity index (χ0) is 31.2. The highest BCUT2D eigenvalue weighted by molar-refractivity contribution is 7.46. The van der Waals surface area contributed by atoms with Gasteiger partial charge in [0.05, 0.1) is 11.6 Å². The Balaban J connectivity index is 1.56. The van der Waals surface area contributed by atoms with Crippen molar-refractivity contribution in [2.45, 2.75) is 13.0 Å². The summed E-state index contributed by atoms with van der Waals surface area (Å²) in [7, 11) is -4.75. The summed E-state index contributed by atoms with van der Waals surface area (Å²) in [6.07, 6.45) is 0. The summed E-state index contributed by atoms with van der Waals surface area (Å²) >= 11 is 0. The lowest BCUT2D eigenvalue weighted by Crippen LogP contribution is -2.26. The number of amides is 1. The second kappa shape index (κ2) is 11.0. The molecule has 5 N–H and O–H groups in total. The lowest BCUT2D eigenvalue weighted by Gasteiger charge is -2.18. The van der Waals surface area contributed by atoms with E-state index < -0.39 is 54.1 Å². The van der Waals surface area contributed by atoms with Crippen molar-refractivity contribution < 1.29 is 51.9 Å². The summed E-state index contributed by atoms with van der Waals surface area (Å²) in [6, 6.07) is 12.1. The molecule has 0 saturated carbocycles. The van der Waals surface area contributed by atoms with Crippen LogP contribution in [0.5, 0.6) is 11.5 Å². The molecule has 1 aliphatic heterocycles. The van der Waals surface area contributed by atoms with Crippen LogP contribution in [0.25, 0.3) is 33.4 Å². The number of benzene rings is 4. The number of rotatable bonds is 7. The fraction of sp³-hybridized carbons (Fsp3) is 0.0690. The Morgan fingerprint density at radius 1 is 0.953 bits per heavy atom. The summed E-state index contributed by atoms with van der Waals surface area (Å²) in [5.41, 5.74) is -1.16. The standard InChI is InChI=1S/C29H20F2NO10P/c1-13(14-2-5-16(6-3-14)42-43(38,39)40)32-28(35)15-4-7-17(18(8-15)29(36)37)27-19-9-21(30)23(33)11-25(19)41-26-12-24(34)22(31)10-20(26)27/h2-13,33H,1H3,(H,32,35)(H,36,37)(H2,38,39,40). The van der Waals surface area contributed by atoms with Gasteiger partial charge in [-0.05, 0) is 54.4 Å². The molecule has 0 saturated heterocycles. The van der Waals surface area contributed by atoms with E-state index in [0.717, 1.165) is 30.3 Å². The first-order valence-electron chi connectivity index (χ1n) is 12.3. The highest BCUT2D eigenvalue weighted by Gasteiger charge is 2.25. The van der Waals surface area contributed by atoms with Gasteiger partial charge in [-0.2, -0.15) is 0 Å². The Morgan fingerprint density at radius 2 is 1.65 bits per heavy atom. The van der Waals surface area contributed by atoms with E-state index in [1.807, 2.05) is 0 Å². The van der Waals surface area contributed by atoms with Gasteiger partial charge in [-0.3, -0.25) is 19.4 Å². The Kier molecular flexibility index (Phi) is 7.49. The predicted octanol–water partition coefficient (Wildman–Crippen LogP) is 5.21. The van der Waals surface area contributed by atoms with Gasteiger partial charge < -0.3 is 24.5 Å². The molecule has 0 bridgehead atoms. The highest BCUT2D eigenvalue weighted by atomic mass is 31.2. The monoisotopic (exact) mass is 611 g/mol. The average molecular weight is 611 g/mol. The third-order valence-corrected chi connectivity index (χ3v) is 7.02. The molecule has 1 unspecified atom stereocenters. The number of phenols is 1. The minimum Gasteiger partial charge on any atom is -0.505 e. The summed E-state index contributed by atoms with van der Waals surface area (Å²) in [4.78, 5) is 55.3. The molecule has 11 nitrogen and oxygen atoms in total. The predicted molar refractivity (Wildman–Crippen MR) is 148 cm³/mol. The molecule has 5 rings (SSSR count). The zero-order valence-electron chi connectivity index (χ0n) is 21.9. The number of carboxylic acids is 1. The fourth-order valence-electron chi connectivity index (χ4n) is 4.59. The van der Waals surface area contributed by atoms with Gasteiger partial charge in [0.2, 0.25) is 5.43 Å². The van der Waals surface area contributed by atoms with Crippen molar-refractivity contribution in [2.75, 3.05) is 0 Å². The molecule has 220 valence electrons. The number of hydrogen-bond donors (Lipinski definition) is 5. The molecule has 0 radical (unpaired) electrons. The van der Waals surface area contributed by atoms with Crippen molar-refractivity contribution in [1.29, 1.82) is 0 Å². The molecule has 1 heterocycles. The van der Waals surface area contributed by atoms with Crippen LogP contribution in [-0.4, -0.2) is 31.9 Å². The summed E-state index contributed by atoms with van der Waals surface area (Å²) in [5.74, 6) is -5.38. The van der Waals surface area contributed by atoms with E-state index in [1.54, 1.807) is 6.92 Å². The number of phosphoric ester groups is 1. The van der Waals surface area contributed by atoms with Gasteiger partial charge in [-0.15, -0.1) is 0 Å². The van der Waals surface area contributed by atoms with Crippen LogP contribution in [0.4, 0.5) is 8.78 Å². The van der Waals surface area contributed by atoms with E-state index >= 15 is 0 Å². The van der Waals surface area contributed by atoms with Crippen LogP contribution in [0.2, 0.25) is 0 Å². The molecule has 0 spiro atoms. The van der Waals surface area contributed by atoms with E-state index in [4.69, 9.17) is 14.2 Å². The Bertz CT molecular complexity index is 2000. The number of nitrogens with one attached hydrogen (secondary N) is 1. The maximum absolute atomic E-state index is 14.4. The topological polar surface area (TPSA) is 184 Å². The minimum absolute atomic E-state index is 0.00982. The van der Waals surface area contributed by atoms with Crippen LogP contribution in [-0.2, 0) is 4.57 Å². The highest BCUT2D eigenvalue weighted by Crippen LogP contribution is 2.43. The first-order valence-corrected chi connectivity index (χ1v) is 13.9. The lowest BCUT2D eigenvalue weighted by atomic mass is 9.89. The molecule has 1 amide bonds. The van der Waals surface area contributed by atoms with E-state index in [-0.39, 0.29) is 44.7 Å². The van der Waals surface area contributed by atoms with Crippen molar-refractivity contribution in [1.82, 2.24) is 5.32 Å². The molecular weight excluding hydrogens is 591 g/mol. The van der Waals surface area contributed by atoms with Gasteiger partial charge in [-0.25, -0.2) is 18.1 Å². The number of aromatic hydroxyl groups is 1. The Labute approximate surface area is 240 Å². The number of phenolic OH excluding ortho intramolecular Hbond substituents is 1. The molecule has 0 fully saturated rings. The quantitative estimate of drug-likeness (QED) is 0.121. The van der Waals surface area contributed by atoms with E-state index in [2.05, 4.69) is 9.84 Å². The number of hydrogen-bond acceptors (Lipinski definition) is 7. The maximum Gasteiger partial charge on any atom is 0.524 e. The number of carbonyl (C=O) groups excluding carboxylic acids is 1. The van der Waals surface area contributed by atoms with E-state index in [0.29, 0.717) is 5.56 Å². The third kappa shape index (κ3) is 5.95. The summed E-state index contributed by atoms with van der Waals surface area (Å²) in [5, 5.41) is 22.6. The molecule has 1 atom stereocenters. The summed E-state index contributed by atoms with van der Waals surface area (Å²) < 4.78 is 50.0. The number of carbonyl (C=O) groups is 2. The molecule has 3 aromatic carbocycles. The van der Waals surface area contributed by atoms with Crippen molar-refractivity contribution >= 4 is 30.7 Å². The molecule has 43 heavy (non-hydrogen) atoms. The number of carboxylic acid groups (broad SMARTS) is 1. The molecule has 0 aromatic heterocycles. The van der Waals surface area contributed by atoms with Gasteiger partial charge in [-0.1, -0.05) is 18.2 Å². The molecule has 1 aliphatic carbocycles. The number of halogens is 2. The lowest BCUT2D eigenvalue weighted by molar-refractivity contribution is 0.0697. The van der Waals surface area contributed by atoms with Crippen molar-refractivity contribution in [2.24, 2.45) is 0 Å². The van der Waals surface area contributed by atoms with E-state index in [1.165, 1.54) is 36.4 Å². The molecular formula is C29H20F2NO10P. The van der Waals surface area contributed by atoms with Crippen LogP contribution in [0.1, 0.15) is 39.2 Å². The molecule has 2 aliphatic rings. The second-order valence-corrected chi connectivity index (χ2v) is 10.6. The Morgan fingerprint density at radius 3 is 2.30 bits per heavy atom. The van der Waals surface area contributed by atoms with Crippen LogP contribution in [0.15, 0.2) is 75.9 Å². The van der Waals surface area contributed by atoms with Crippen molar-refractivity contribution in [3.8, 4) is 33.9 Å². The summed E-state index contributed by atoms with van der Waals surface area (Å²) in [6.45, 7) is 1.62. The van der Waals surface area contributed by atoms with Crippen molar-refractivity contribution in [3.05, 3.63) is 105 Å². The van der Waals surface area contributed by atoms with Gasteiger partial charge >= 0.3 is 13.8 Å². The van der Waals surface area contributed by atoms with Crippen LogP contribution in [0.3, 0.4) is 0 Å². The third-order valence-electron chi connectivity index (χ3n) is 6.58. The van der Waals surface area contributed by atoms with Crippen molar-refractivity contribution in [3.63, 3.8) is 0 Å². The maximum atomic E-state index is 14.4. The first-order chi connectivity index (χ1) is 20.2. The number of aromatic carboxylic acids is 1. The smallest absolute Gasteiger partial charge is 0.505 e. The molecule has 14 heteroatoms.